The van der Waals surface area contributed by atoms with E-state index in [1.54, 1.807) is 0 Å². The molecule has 23 heavy (non-hydrogen) atoms. The highest BCUT2D eigenvalue weighted by atomic mass is 16.6. The first-order valence-corrected chi connectivity index (χ1v) is 8.96. The summed E-state index contributed by atoms with van der Waals surface area (Å²) in [6, 6.07) is 0.214. The van der Waals surface area contributed by atoms with Gasteiger partial charge in [0.25, 0.3) is 0 Å². The Morgan fingerprint density at radius 3 is 2.52 bits per heavy atom. The van der Waals surface area contributed by atoms with Gasteiger partial charge < -0.3 is 20.1 Å². The highest BCUT2D eigenvalue weighted by Crippen LogP contribution is 2.41. The van der Waals surface area contributed by atoms with Crippen LogP contribution in [0.3, 0.4) is 0 Å². The first-order valence-electron chi connectivity index (χ1n) is 8.96. The summed E-state index contributed by atoms with van der Waals surface area (Å²) in [5.74, 6) is 0. The fourth-order valence-electron chi connectivity index (χ4n) is 3.90. The fraction of sp³-hybridized carbons (Fsp3) is 0.944. The van der Waals surface area contributed by atoms with E-state index in [1.165, 1.54) is 19.3 Å². The van der Waals surface area contributed by atoms with E-state index in [0.29, 0.717) is 11.8 Å². The molecule has 0 radical (unpaired) electrons. The average Bonchev–Trinajstić information content (AvgIpc) is 2.36. The molecule has 0 heterocycles. The second kappa shape index (κ2) is 6.98. The summed E-state index contributed by atoms with van der Waals surface area (Å²) in [5.41, 5.74) is -0.0906. The number of hydrogen-bond donors (Lipinski definition) is 2. The summed E-state index contributed by atoms with van der Waals surface area (Å²) in [6.45, 7) is 8.98. The molecule has 2 aliphatic carbocycles. The molecule has 3 unspecified atom stereocenters. The fourth-order valence-corrected chi connectivity index (χ4v) is 3.90. The van der Waals surface area contributed by atoms with Gasteiger partial charge in [-0.25, -0.2) is 4.79 Å². The Labute approximate surface area is 140 Å². The smallest absolute Gasteiger partial charge is 0.407 e. The lowest BCUT2D eigenvalue weighted by Crippen LogP contribution is -2.57. The van der Waals surface area contributed by atoms with Crippen molar-refractivity contribution in [3.63, 3.8) is 0 Å². The van der Waals surface area contributed by atoms with Crippen molar-refractivity contribution >= 4 is 6.09 Å². The zero-order valence-electron chi connectivity index (χ0n) is 15.4. The van der Waals surface area contributed by atoms with Crippen molar-refractivity contribution in [2.45, 2.75) is 90.0 Å². The van der Waals surface area contributed by atoms with Crippen LogP contribution in [0.15, 0.2) is 0 Å². The topological polar surface area (TPSA) is 61.8 Å². The Kier molecular flexibility index (Phi) is 5.62. The lowest BCUT2D eigenvalue weighted by atomic mass is 9.70. The monoisotopic (exact) mass is 326 g/mol. The van der Waals surface area contributed by atoms with Gasteiger partial charge in [-0.15, -0.1) is 0 Å². The Morgan fingerprint density at radius 2 is 2.00 bits per heavy atom. The molecule has 2 aliphatic rings. The number of amides is 1. The van der Waals surface area contributed by atoms with Crippen LogP contribution >= 0.6 is 0 Å². The van der Waals surface area contributed by atoms with Gasteiger partial charge in [-0.3, -0.25) is 0 Å². The van der Waals surface area contributed by atoms with Gasteiger partial charge >= 0.3 is 6.09 Å². The highest BCUT2D eigenvalue weighted by Gasteiger charge is 2.39. The van der Waals surface area contributed by atoms with Crippen LogP contribution in [0.4, 0.5) is 4.79 Å². The third-order valence-corrected chi connectivity index (χ3v) is 5.25. The molecule has 0 saturated heterocycles. The average molecular weight is 326 g/mol. The van der Waals surface area contributed by atoms with Crippen molar-refractivity contribution in [2.24, 2.45) is 5.41 Å². The molecule has 0 aromatic carbocycles. The minimum absolute atomic E-state index is 0.0435. The van der Waals surface area contributed by atoms with Gasteiger partial charge in [-0.05, 0) is 65.3 Å². The van der Waals surface area contributed by atoms with Gasteiger partial charge in [0.1, 0.15) is 5.60 Å². The van der Waals surface area contributed by atoms with Gasteiger partial charge in [0.15, 0.2) is 0 Å². The summed E-state index contributed by atoms with van der Waals surface area (Å²) in [7, 11) is 2.12. The van der Waals surface area contributed by atoms with E-state index in [1.807, 2.05) is 20.8 Å². The molecule has 2 saturated carbocycles. The van der Waals surface area contributed by atoms with Crippen molar-refractivity contribution in [3.05, 3.63) is 0 Å². The summed E-state index contributed by atoms with van der Waals surface area (Å²) in [5, 5.41) is 13.1. The maximum absolute atomic E-state index is 12.1. The third-order valence-electron chi connectivity index (χ3n) is 5.25. The molecule has 134 valence electrons. The summed E-state index contributed by atoms with van der Waals surface area (Å²) in [6.07, 6.45) is 5.49. The number of aliphatic hydroxyl groups is 1. The molecule has 0 bridgehead atoms. The third kappa shape index (κ3) is 5.35. The molecule has 3 atom stereocenters. The number of rotatable bonds is 4. The van der Waals surface area contributed by atoms with Crippen LogP contribution < -0.4 is 5.32 Å². The number of likely N-dealkylation sites (N-methyl/N-ethyl adjacent to an activating group) is 1. The van der Waals surface area contributed by atoms with Crippen LogP contribution in [0.1, 0.15) is 66.2 Å². The maximum atomic E-state index is 12.1. The summed E-state index contributed by atoms with van der Waals surface area (Å²) >= 11 is 0. The molecule has 0 aliphatic heterocycles. The Morgan fingerprint density at radius 1 is 1.35 bits per heavy atom. The number of ether oxygens (including phenoxy) is 1. The quantitative estimate of drug-likeness (QED) is 0.834. The molecule has 0 aromatic rings. The minimum Gasteiger partial charge on any atom is -0.444 e. The second-order valence-electron chi connectivity index (χ2n) is 8.87. The molecule has 1 amide bonds. The second-order valence-corrected chi connectivity index (χ2v) is 8.87. The van der Waals surface area contributed by atoms with E-state index >= 15 is 0 Å². The molecular formula is C18H34N2O3. The van der Waals surface area contributed by atoms with Gasteiger partial charge in [-0.1, -0.05) is 13.3 Å². The van der Waals surface area contributed by atoms with Crippen molar-refractivity contribution in [2.75, 3.05) is 13.6 Å². The molecule has 2 rings (SSSR count). The van der Waals surface area contributed by atoms with E-state index < -0.39 is 5.60 Å². The molecule has 2 N–H and O–H groups in total. The van der Waals surface area contributed by atoms with Gasteiger partial charge in [0.05, 0.1) is 6.10 Å². The van der Waals surface area contributed by atoms with Crippen molar-refractivity contribution in [3.8, 4) is 0 Å². The molecule has 5 heteroatoms. The predicted molar refractivity (Wildman–Crippen MR) is 91.4 cm³/mol. The van der Waals surface area contributed by atoms with Crippen LogP contribution in [-0.4, -0.2) is 53.5 Å². The largest absolute Gasteiger partial charge is 0.444 e. The van der Waals surface area contributed by atoms with Crippen LogP contribution in [-0.2, 0) is 4.74 Å². The minimum atomic E-state index is -0.487. The van der Waals surface area contributed by atoms with Crippen LogP contribution in [0.5, 0.6) is 0 Å². The zero-order chi connectivity index (χ0) is 17.3. The number of nitrogens with one attached hydrogen (secondary N) is 1. The lowest BCUT2D eigenvalue weighted by Gasteiger charge is -2.46. The molecule has 0 spiro atoms. The van der Waals surface area contributed by atoms with Crippen LogP contribution in [0.2, 0.25) is 0 Å². The first kappa shape index (κ1) is 18.5. The van der Waals surface area contributed by atoms with Gasteiger partial charge in [0, 0.05) is 18.6 Å². The number of carbonyl (C=O) groups excluding carboxylic acids is 1. The van der Waals surface area contributed by atoms with Gasteiger partial charge in [0.2, 0.25) is 0 Å². The van der Waals surface area contributed by atoms with Crippen LogP contribution in [0, 0.1) is 5.41 Å². The Balaban J connectivity index is 1.96. The Hall–Kier alpha value is -0.810. The van der Waals surface area contributed by atoms with E-state index in [2.05, 4.69) is 24.2 Å². The maximum Gasteiger partial charge on any atom is 0.407 e. The van der Waals surface area contributed by atoms with Gasteiger partial charge in [-0.2, -0.15) is 0 Å². The highest BCUT2D eigenvalue weighted by molar-refractivity contribution is 5.68. The molecule has 0 aromatic heterocycles. The SMILES string of the molecule is CN(CC1(C)CCC1)C1CC(O)CCC1NC(=O)OC(C)(C)C. The van der Waals surface area contributed by atoms with Crippen molar-refractivity contribution in [1.29, 1.82) is 0 Å². The van der Waals surface area contributed by atoms with E-state index in [9.17, 15) is 9.90 Å². The van der Waals surface area contributed by atoms with Crippen molar-refractivity contribution in [1.82, 2.24) is 10.2 Å². The number of aliphatic hydroxyl groups excluding tert-OH is 1. The Bertz CT molecular complexity index is 415. The van der Waals surface area contributed by atoms with E-state index in [-0.39, 0.29) is 24.3 Å². The van der Waals surface area contributed by atoms with Crippen LogP contribution in [0.25, 0.3) is 0 Å². The zero-order valence-corrected chi connectivity index (χ0v) is 15.4. The summed E-state index contributed by atoms with van der Waals surface area (Å²) < 4.78 is 5.40. The number of nitrogens with zero attached hydrogens (tertiary/aromatic N) is 1. The lowest BCUT2D eigenvalue weighted by molar-refractivity contribution is 0.00856. The number of carbonyl (C=O) groups is 1. The number of hydrogen-bond acceptors (Lipinski definition) is 4. The molecule has 2 fully saturated rings. The van der Waals surface area contributed by atoms with Crippen molar-refractivity contribution < 1.29 is 14.6 Å². The standard InChI is InChI=1S/C18H34N2O3/c1-17(2,3)23-16(22)19-14-8-7-13(21)11-15(14)20(5)12-18(4)9-6-10-18/h13-15,21H,6-12H2,1-5H3,(H,19,22). The predicted octanol–water partition coefficient (Wildman–Crippen LogP) is 2.92. The normalized spacial score (nSPS) is 30.7. The first-order chi connectivity index (χ1) is 10.6. The number of alkyl carbamates (subject to hydrolysis) is 1. The van der Waals surface area contributed by atoms with E-state index in [4.69, 9.17) is 4.74 Å². The molecule has 5 nitrogen and oxygen atoms in total. The van der Waals surface area contributed by atoms with E-state index in [0.717, 1.165) is 19.4 Å². The molecular weight excluding hydrogens is 292 g/mol. The summed E-state index contributed by atoms with van der Waals surface area (Å²) in [4.78, 5) is 14.5.